The maximum atomic E-state index is 12.7. The number of halogens is 3. The van der Waals surface area contributed by atoms with Crippen LogP contribution < -0.4 is 5.32 Å². The summed E-state index contributed by atoms with van der Waals surface area (Å²) in [5, 5.41) is 11.4. The van der Waals surface area contributed by atoms with E-state index in [1.165, 1.54) is 0 Å². The Morgan fingerprint density at radius 2 is 2.05 bits per heavy atom. The first-order chi connectivity index (χ1) is 9.66. The number of rotatable bonds is 4. The maximum Gasteiger partial charge on any atom is 0.393 e. The lowest BCUT2D eigenvalue weighted by molar-refractivity contribution is -0.184. The van der Waals surface area contributed by atoms with Crippen LogP contribution >= 0.6 is 0 Å². The molecule has 1 aliphatic rings. The van der Waals surface area contributed by atoms with Crippen LogP contribution in [0.1, 0.15) is 33.1 Å². The number of nitrogens with zero attached hydrogens (tertiary/aromatic N) is 1. The van der Waals surface area contributed by atoms with E-state index in [1.54, 1.807) is 13.8 Å². The molecule has 5 nitrogen and oxygen atoms in total. The number of urea groups is 1. The number of piperidine rings is 1. The number of nitrogens with one attached hydrogen (secondary N) is 1. The number of hydrogen-bond acceptors (Lipinski definition) is 2. The first-order valence-corrected chi connectivity index (χ1v) is 7.01. The predicted octanol–water partition coefficient (Wildman–Crippen LogP) is 2.47. The van der Waals surface area contributed by atoms with E-state index < -0.39 is 36.7 Å². The van der Waals surface area contributed by atoms with Gasteiger partial charge in [-0.1, -0.05) is 20.3 Å². The third-order valence-corrected chi connectivity index (χ3v) is 3.93. The Bertz CT molecular complexity index is 387. The molecule has 21 heavy (non-hydrogen) atoms. The van der Waals surface area contributed by atoms with Crippen LogP contribution in [0.3, 0.4) is 0 Å². The fourth-order valence-corrected chi connectivity index (χ4v) is 2.34. The van der Waals surface area contributed by atoms with E-state index in [2.05, 4.69) is 5.32 Å². The number of aliphatic carboxylic acids is 1. The van der Waals surface area contributed by atoms with Crippen molar-refractivity contribution in [2.75, 3.05) is 13.1 Å². The molecule has 0 aromatic heterocycles. The minimum atomic E-state index is -4.33. The van der Waals surface area contributed by atoms with Crippen molar-refractivity contribution in [3.8, 4) is 0 Å². The van der Waals surface area contributed by atoms with Crippen LogP contribution in [0.5, 0.6) is 0 Å². The molecule has 1 aliphatic heterocycles. The van der Waals surface area contributed by atoms with Gasteiger partial charge in [-0.3, -0.25) is 0 Å². The predicted molar refractivity (Wildman–Crippen MR) is 69.8 cm³/mol. The lowest BCUT2D eigenvalue weighted by Crippen LogP contribution is -2.54. The van der Waals surface area contributed by atoms with E-state index in [0.717, 1.165) is 4.90 Å². The number of likely N-dealkylation sites (tertiary alicyclic amines) is 1. The summed E-state index contributed by atoms with van der Waals surface area (Å²) in [6.45, 7) is 3.26. The second kappa shape index (κ2) is 7.00. The van der Waals surface area contributed by atoms with E-state index in [-0.39, 0.29) is 25.3 Å². The van der Waals surface area contributed by atoms with Gasteiger partial charge in [-0.25, -0.2) is 9.59 Å². The second-order valence-electron chi connectivity index (χ2n) is 5.48. The van der Waals surface area contributed by atoms with Crippen LogP contribution in [0.2, 0.25) is 0 Å². The summed E-state index contributed by atoms with van der Waals surface area (Å²) in [5.41, 5.74) is 0. The molecule has 1 saturated heterocycles. The summed E-state index contributed by atoms with van der Waals surface area (Å²) in [6, 6.07) is -1.83. The van der Waals surface area contributed by atoms with Gasteiger partial charge >= 0.3 is 18.2 Å². The average molecular weight is 310 g/mol. The van der Waals surface area contributed by atoms with Gasteiger partial charge in [0.1, 0.15) is 6.04 Å². The zero-order valence-electron chi connectivity index (χ0n) is 12.1. The number of carboxylic acid groups (broad SMARTS) is 1. The molecule has 8 heteroatoms. The highest BCUT2D eigenvalue weighted by atomic mass is 19.4. The summed E-state index contributed by atoms with van der Waals surface area (Å²) in [6.07, 6.45) is -3.52. The Morgan fingerprint density at radius 1 is 1.43 bits per heavy atom. The molecule has 0 radical (unpaired) electrons. The van der Waals surface area contributed by atoms with Gasteiger partial charge in [-0.2, -0.15) is 13.2 Å². The molecule has 3 atom stereocenters. The number of amides is 2. The Kier molecular flexibility index (Phi) is 5.86. The summed E-state index contributed by atoms with van der Waals surface area (Å²) >= 11 is 0. The number of hydrogen-bond donors (Lipinski definition) is 2. The smallest absolute Gasteiger partial charge is 0.393 e. The van der Waals surface area contributed by atoms with Gasteiger partial charge in [-0.15, -0.1) is 0 Å². The average Bonchev–Trinajstić information content (AvgIpc) is 2.42. The van der Waals surface area contributed by atoms with Crippen molar-refractivity contribution in [3.05, 3.63) is 0 Å². The molecule has 0 aromatic carbocycles. The summed E-state index contributed by atoms with van der Waals surface area (Å²) in [4.78, 5) is 24.2. The molecule has 0 bridgehead atoms. The normalized spacial score (nSPS) is 22.5. The Hall–Kier alpha value is -1.47. The van der Waals surface area contributed by atoms with Crippen LogP contribution in [-0.4, -0.2) is 47.3 Å². The van der Waals surface area contributed by atoms with Crippen molar-refractivity contribution in [3.63, 3.8) is 0 Å². The van der Waals surface area contributed by atoms with Gasteiger partial charge in [-0.05, 0) is 18.8 Å². The maximum absolute atomic E-state index is 12.7. The number of carboxylic acids is 1. The van der Waals surface area contributed by atoms with Crippen molar-refractivity contribution in [2.24, 2.45) is 11.8 Å². The molecule has 1 unspecified atom stereocenters. The Morgan fingerprint density at radius 3 is 2.52 bits per heavy atom. The zero-order valence-corrected chi connectivity index (χ0v) is 12.1. The fourth-order valence-electron chi connectivity index (χ4n) is 2.34. The zero-order chi connectivity index (χ0) is 16.2. The molecule has 1 fully saturated rings. The lowest BCUT2D eigenvalue weighted by Gasteiger charge is -2.34. The molecule has 2 amide bonds. The summed E-state index contributed by atoms with van der Waals surface area (Å²) in [5.74, 6) is -3.01. The van der Waals surface area contributed by atoms with Gasteiger partial charge in [0, 0.05) is 13.1 Å². The molecule has 122 valence electrons. The second-order valence-corrected chi connectivity index (χ2v) is 5.48. The van der Waals surface area contributed by atoms with E-state index in [4.69, 9.17) is 5.11 Å². The number of alkyl halides is 3. The molecule has 0 aromatic rings. The van der Waals surface area contributed by atoms with E-state index in [0.29, 0.717) is 6.42 Å². The SMILES string of the molecule is CC[C@H](C)[C@H](NC(=O)N1CCCC(C(F)(F)F)C1)C(=O)O. The van der Waals surface area contributed by atoms with Gasteiger partial charge in [0.15, 0.2) is 0 Å². The monoisotopic (exact) mass is 310 g/mol. The Labute approximate surface area is 121 Å². The van der Waals surface area contributed by atoms with Crippen LogP contribution in [0.4, 0.5) is 18.0 Å². The molecule has 0 saturated carbocycles. The van der Waals surface area contributed by atoms with E-state index >= 15 is 0 Å². The molecule has 0 spiro atoms. The van der Waals surface area contributed by atoms with Crippen LogP contribution in [0.25, 0.3) is 0 Å². The largest absolute Gasteiger partial charge is 0.480 e. The molecule has 2 N–H and O–H groups in total. The first-order valence-electron chi connectivity index (χ1n) is 7.01. The van der Waals surface area contributed by atoms with Gasteiger partial charge in [0.25, 0.3) is 0 Å². The standard InChI is InChI=1S/C13H21F3N2O3/c1-3-8(2)10(11(19)20)17-12(21)18-6-4-5-9(7-18)13(14,15)16/h8-10H,3-7H2,1-2H3,(H,17,21)(H,19,20)/t8-,9?,10-/m0/s1. The molecular formula is C13H21F3N2O3. The third-order valence-electron chi connectivity index (χ3n) is 3.93. The van der Waals surface area contributed by atoms with E-state index in [9.17, 15) is 22.8 Å². The quantitative estimate of drug-likeness (QED) is 0.838. The van der Waals surface area contributed by atoms with Gasteiger partial charge in [0.05, 0.1) is 5.92 Å². The fraction of sp³-hybridized carbons (Fsp3) is 0.846. The van der Waals surface area contributed by atoms with Crippen molar-refractivity contribution >= 4 is 12.0 Å². The highest BCUT2D eigenvalue weighted by molar-refractivity contribution is 5.82. The van der Waals surface area contributed by atoms with Gasteiger partial charge < -0.3 is 15.3 Å². The van der Waals surface area contributed by atoms with Crippen molar-refractivity contribution < 1.29 is 27.9 Å². The van der Waals surface area contributed by atoms with Crippen LogP contribution in [-0.2, 0) is 4.79 Å². The Balaban J connectivity index is 2.67. The molecule has 1 rings (SSSR count). The van der Waals surface area contributed by atoms with Gasteiger partial charge in [0.2, 0.25) is 0 Å². The number of carbonyl (C=O) groups excluding carboxylic acids is 1. The van der Waals surface area contributed by atoms with E-state index in [1.807, 2.05) is 0 Å². The minimum Gasteiger partial charge on any atom is -0.480 e. The summed E-state index contributed by atoms with van der Waals surface area (Å²) < 4.78 is 38.1. The van der Waals surface area contributed by atoms with Crippen LogP contribution in [0.15, 0.2) is 0 Å². The number of carbonyl (C=O) groups is 2. The first kappa shape index (κ1) is 17.6. The summed E-state index contributed by atoms with van der Waals surface area (Å²) in [7, 11) is 0. The highest BCUT2D eigenvalue weighted by Gasteiger charge is 2.43. The van der Waals surface area contributed by atoms with Crippen LogP contribution in [0, 0.1) is 11.8 Å². The lowest BCUT2D eigenvalue weighted by atomic mass is 9.97. The third kappa shape index (κ3) is 4.78. The minimum absolute atomic E-state index is 0.000994. The highest BCUT2D eigenvalue weighted by Crippen LogP contribution is 2.33. The van der Waals surface area contributed by atoms with Crippen molar-refractivity contribution in [1.29, 1.82) is 0 Å². The van der Waals surface area contributed by atoms with Crippen molar-refractivity contribution in [2.45, 2.75) is 45.3 Å². The molecular weight excluding hydrogens is 289 g/mol. The topological polar surface area (TPSA) is 69.6 Å². The molecule has 0 aliphatic carbocycles. The molecule has 1 heterocycles. The van der Waals surface area contributed by atoms with Crippen molar-refractivity contribution in [1.82, 2.24) is 10.2 Å².